The average molecular weight is 299 g/mol. The van der Waals surface area contributed by atoms with Gasteiger partial charge in [-0.2, -0.15) is 5.10 Å². The van der Waals surface area contributed by atoms with Gasteiger partial charge in [0, 0.05) is 30.9 Å². The second-order valence-corrected chi connectivity index (χ2v) is 5.54. The molecule has 0 unspecified atom stereocenters. The van der Waals surface area contributed by atoms with E-state index >= 15 is 0 Å². The molecule has 3 aromatic rings. The van der Waals surface area contributed by atoms with E-state index < -0.39 is 0 Å². The van der Waals surface area contributed by atoms with Crippen molar-refractivity contribution in [2.24, 2.45) is 0 Å². The number of fused-ring (bicyclic) bond motifs is 1. The van der Waals surface area contributed by atoms with Gasteiger partial charge in [0.05, 0.1) is 17.2 Å². The van der Waals surface area contributed by atoms with Crippen molar-refractivity contribution >= 4 is 11.0 Å². The maximum Gasteiger partial charge on any atom is 0.323 e. The zero-order chi connectivity index (χ0) is 15.5. The van der Waals surface area contributed by atoms with Crippen molar-refractivity contribution in [2.45, 2.75) is 39.9 Å². The van der Waals surface area contributed by atoms with Crippen LogP contribution in [-0.4, -0.2) is 19.7 Å². The van der Waals surface area contributed by atoms with E-state index in [4.69, 9.17) is 0 Å². The predicted octanol–water partition coefficient (Wildman–Crippen LogP) is 2.06. The zero-order valence-electron chi connectivity index (χ0n) is 12.9. The number of H-pyrrole nitrogens is 2. The minimum Gasteiger partial charge on any atom is -0.308 e. The number of aryl methyl sites for hydroxylation is 1. The van der Waals surface area contributed by atoms with E-state index in [0.717, 1.165) is 42.7 Å². The van der Waals surface area contributed by atoms with Crippen LogP contribution >= 0.6 is 0 Å². The summed E-state index contributed by atoms with van der Waals surface area (Å²) in [5, 5.41) is 7.84. The van der Waals surface area contributed by atoms with Crippen LogP contribution in [0, 0.1) is 6.92 Å². The van der Waals surface area contributed by atoms with Crippen LogP contribution in [0.1, 0.15) is 30.2 Å². The van der Waals surface area contributed by atoms with Crippen molar-refractivity contribution in [3.05, 3.63) is 51.7 Å². The minimum atomic E-state index is -0.168. The maximum absolute atomic E-state index is 11.3. The topological polar surface area (TPSA) is 78.5 Å². The van der Waals surface area contributed by atoms with E-state index in [2.05, 4.69) is 34.2 Å². The Morgan fingerprint density at radius 3 is 2.86 bits per heavy atom. The summed E-state index contributed by atoms with van der Waals surface area (Å²) < 4.78 is 2.05. The second-order valence-electron chi connectivity index (χ2n) is 5.54. The monoisotopic (exact) mass is 299 g/mol. The number of nitrogens with zero attached hydrogens (tertiary/aromatic N) is 2. The van der Waals surface area contributed by atoms with Crippen LogP contribution in [0.2, 0.25) is 0 Å². The first-order valence-electron chi connectivity index (χ1n) is 7.60. The van der Waals surface area contributed by atoms with Gasteiger partial charge < -0.3 is 15.3 Å². The quantitative estimate of drug-likeness (QED) is 0.652. The molecular formula is C16H21N5O. The molecular weight excluding hydrogens is 278 g/mol. The van der Waals surface area contributed by atoms with Crippen LogP contribution in [0.15, 0.2) is 29.2 Å². The normalized spacial score (nSPS) is 11.4. The van der Waals surface area contributed by atoms with Gasteiger partial charge in [0.2, 0.25) is 0 Å². The number of hydrogen-bond donors (Lipinski definition) is 3. The summed E-state index contributed by atoms with van der Waals surface area (Å²) in [6.07, 6.45) is 3.02. The van der Waals surface area contributed by atoms with E-state index in [1.54, 1.807) is 0 Å². The van der Waals surface area contributed by atoms with E-state index in [1.807, 2.05) is 29.1 Å². The summed E-state index contributed by atoms with van der Waals surface area (Å²) in [5.41, 5.74) is 5.10. The number of nitrogens with one attached hydrogen (secondary N) is 3. The Kier molecular flexibility index (Phi) is 4.11. The Morgan fingerprint density at radius 2 is 2.05 bits per heavy atom. The van der Waals surface area contributed by atoms with Crippen molar-refractivity contribution in [2.75, 3.05) is 0 Å². The average Bonchev–Trinajstić information content (AvgIpc) is 3.03. The van der Waals surface area contributed by atoms with Gasteiger partial charge in [-0.1, -0.05) is 13.0 Å². The predicted molar refractivity (Wildman–Crippen MR) is 86.7 cm³/mol. The van der Waals surface area contributed by atoms with E-state index in [9.17, 15) is 4.79 Å². The molecule has 0 saturated carbocycles. The number of rotatable bonds is 6. The lowest BCUT2D eigenvalue weighted by molar-refractivity contribution is 0.584. The number of aromatic nitrogens is 4. The largest absolute Gasteiger partial charge is 0.323 e. The van der Waals surface area contributed by atoms with Crippen LogP contribution in [-0.2, 0) is 19.6 Å². The standard InChI is InChI=1S/C16H21N5O/c1-3-6-21-11(2)13(10-18-21)9-17-8-12-4-5-14-15(7-12)20-16(22)19-14/h4-5,7,10,17H,3,6,8-9H2,1-2H3,(H2,19,20,22). The second kappa shape index (κ2) is 6.19. The fourth-order valence-corrected chi connectivity index (χ4v) is 2.63. The van der Waals surface area contributed by atoms with Crippen molar-refractivity contribution in [1.29, 1.82) is 0 Å². The Balaban J connectivity index is 1.63. The number of benzene rings is 1. The van der Waals surface area contributed by atoms with Crippen LogP contribution < -0.4 is 11.0 Å². The van der Waals surface area contributed by atoms with Gasteiger partial charge in [-0.3, -0.25) is 4.68 Å². The molecule has 0 amide bonds. The van der Waals surface area contributed by atoms with Crippen LogP contribution in [0.4, 0.5) is 0 Å². The summed E-state index contributed by atoms with van der Waals surface area (Å²) in [6, 6.07) is 5.94. The molecule has 0 saturated heterocycles. The molecule has 6 nitrogen and oxygen atoms in total. The van der Waals surface area contributed by atoms with Gasteiger partial charge in [-0.05, 0) is 31.0 Å². The fraction of sp³-hybridized carbons (Fsp3) is 0.375. The van der Waals surface area contributed by atoms with Crippen molar-refractivity contribution in [1.82, 2.24) is 25.1 Å². The third kappa shape index (κ3) is 2.96. The zero-order valence-corrected chi connectivity index (χ0v) is 12.9. The number of hydrogen-bond acceptors (Lipinski definition) is 3. The SMILES string of the molecule is CCCn1ncc(CNCc2ccc3[nH]c(=O)[nH]c3c2)c1C. The van der Waals surface area contributed by atoms with Gasteiger partial charge in [0.15, 0.2) is 0 Å². The molecule has 2 heterocycles. The molecule has 0 atom stereocenters. The number of aromatic amines is 2. The molecule has 0 aliphatic heterocycles. The highest BCUT2D eigenvalue weighted by Gasteiger charge is 2.05. The van der Waals surface area contributed by atoms with Gasteiger partial charge in [0.25, 0.3) is 0 Å². The highest BCUT2D eigenvalue weighted by Crippen LogP contribution is 2.11. The minimum absolute atomic E-state index is 0.168. The summed E-state index contributed by atoms with van der Waals surface area (Å²) >= 11 is 0. The first kappa shape index (κ1) is 14.6. The molecule has 2 aromatic heterocycles. The van der Waals surface area contributed by atoms with Crippen LogP contribution in [0.3, 0.4) is 0 Å². The van der Waals surface area contributed by atoms with Crippen LogP contribution in [0.25, 0.3) is 11.0 Å². The third-order valence-electron chi connectivity index (χ3n) is 3.87. The van der Waals surface area contributed by atoms with Crippen molar-refractivity contribution in [3.8, 4) is 0 Å². The summed E-state index contributed by atoms with van der Waals surface area (Å²) in [7, 11) is 0. The molecule has 22 heavy (non-hydrogen) atoms. The Labute approximate surface area is 128 Å². The van der Waals surface area contributed by atoms with Crippen LogP contribution in [0.5, 0.6) is 0 Å². The Bertz CT molecular complexity index is 827. The molecule has 116 valence electrons. The van der Waals surface area contributed by atoms with E-state index in [0.29, 0.717) is 0 Å². The molecule has 0 radical (unpaired) electrons. The third-order valence-corrected chi connectivity index (χ3v) is 3.87. The molecule has 3 N–H and O–H groups in total. The van der Waals surface area contributed by atoms with Gasteiger partial charge >= 0.3 is 5.69 Å². The molecule has 0 aliphatic carbocycles. The molecule has 0 aliphatic rings. The van der Waals surface area contributed by atoms with Gasteiger partial charge in [-0.15, -0.1) is 0 Å². The molecule has 6 heteroatoms. The van der Waals surface area contributed by atoms with Crippen molar-refractivity contribution < 1.29 is 0 Å². The smallest absolute Gasteiger partial charge is 0.308 e. The summed E-state index contributed by atoms with van der Waals surface area (Å²) in [6.45, 7) is 6.76. The highest BCUT2D eigenvalue weighted by atomic mass is 16.1. The number of imidazole rings is 1. The van der Waals surface area contributed by atoms with E-state index in [1.165, 1.54) is 11.3 Å². The first-order valence-corrected chi connectivity index (χ1v) is 7.60. The summed E-state index contributed by atoms with van der Waals surface area (Å²) in [5.74, 6) is 0. The Hall–Kier alpha value is -2.34. The molecule has 3 rings (SSSR count). The lowest BCUT2D eigenvalue weighted by atomic mass is 10.2. The van der Waals surface area contributed by atoms with Gasteiger partial charge in [0.1, 0.15) is 0 Å². The van der Waals surface area contributed by atoms with Gasteiger partial charge in [-0.25, -0.2) is 4.79 Å². The fourth-order valence-electron chi connectivity index (χ4n) is 2.63. The molecule has 1 aromatic carbocycles. The molecule has 0 bridgehead atoms. The van der Waals surface area contributed by atoms with E-state index in [-0.39, 0.29) is 5.69 Å². The molecule has 0 spiro atoms. The highest BCUT2D eigenvalue weighted by molar-refractivity contribution is 5.74. The van der Waals surface area contributed by atoms with Crippen molar-refractivity contribution in [3.63, 3.8) is 0 Å². The molecule has 0 fully saturated rings. The summed E-state index contributed by atoms with van der Waals surface area (Å²) in [4.78, 5) is 16.8. The lowest BCUT2D eigenvalue weighted by Crippen LogP contribution is -2.13. The Morgan fingerprint density at radius 1 is 1.23 bits per heavy atom. The lowest BCUT2D eigenvalue weighted by Gasteiger charge is -2.06. The maximum atomic E-state index is 11.3. The first-order chi connectivity index (χ1) is 10.7.